The van der Waals surface area contributed by atoms with E-state index in [4.69, 9.17) is 4.74 Å². The van der Waals surface area contributed by atoms with Gasteiger partial charge in [0.25, 0.3) is 0 Å². The number of fused-ring (bicyclic) bond motifs is 1. The molecular formula is C15H22N4O. The van der Waals surface area contributed by atoms with Crippen molar-refractivity contribution in [2.75, 3.05) is 37.7 Å². The van der Waals surface area contributed by atoms with Crippen LogP contribution in [0.15, 0.2) is 12.4 Å². The SMILES string of the molecule is c1nc(C2CCOC2)cc(N2C[C@H]3CCCN[C@H]3C2)n1. The normalized spacial score (nSPS) is 33.4. The van der Waals surface area contributed by atoms with E-state index in [1.54, 1.807) is 6.33 Å². The van der Waals surface area contributed by atoms with Crippen LogP contribution in [0.25, 0.3) is 0 Å². The Morgan fingerprint density at radius 3 is 3.10 bits per heavy atom. The van der Waals surface area contributed by atoms with E-state index in [9.17, 15) is 0 Å². The van der Waals surface area contributed by atoms with Crippen LogP contribution >= 0.6 is 0 Å². The summed E-state index contributed by atoms with van der Waals surface area (Å²) in [5.41, 5.74) is 1.15. The third-order valence-corrected chi connectivity index (χ3v) is 4.94. The van der Waals surface area contributed by atoms with Gasteiger partial charge < -0.3 is 15.0 Å². The van der Waals surface area contributed by atoms with Crippen molar-refractivity contribution in [2.24, 2.45) is 5.92 Å². The summed E-state index contributed by atoms with van der Waals surface area (Å²) in [6.45, 7) is 5.06. The molecule has 0 aliphatic carbocycles. The molecule has 0 saturated carbocycles. The van der Waals surface area contributed by atoms with E-state index in [-0.39, 0.29) is 0 Å². The third kappa shape index (κ3) is 2.29. The van der Waals surface area contributed by atoms with Gasteiger partial charge in [0.1, 0.15) is 12.1 Å². The van der Waals surface area contributed by atoms with Gasteiger partial charge in [-0.05, 0) is 31.7 Å². The van der Waals surface area contributed by atoms with Gasteiger partial charge in [-0.25, -0.2) is 9.97 Å². The molecular weight excluding hydrogens is 252 g/mol. The van der Waals surface area contributed by atoms with Crippen molar-refractivity contribution >= 4 is 5.82 Å². The number of hydrogen-bond donors (Lipinski definition) is 1. The number of nitrogens with one attached hydrogen (secondary N) is 1. The highest BCUT2D eigenvalue weighted by Crippen LogP contribution is 2.30. The Morgan fingerprint density at radius 1 is 1.25 bits per heavy atom. The van der Waals surface area contributed by atoms with Crippen molar-refractivity contribution in [1.29, 1.82) is 0 Å². The first-order chi connectivity index (χ1) is 9.90. The number of ether oxygens (including phenoxy) is 1. The van der Waals surface area contributed by atoms with Gasteiger partial charge in [-0.2, -0.15) is 0 Å². The molecule has 3 saturated heterocycles. The van der Waals surface area contributed by atoms with Gasteiger partial charge in [0.05, 0.1) is 12.3 Å². The van der Waals surface area contributed by atoms with Gasteiger partial charge in [-0.3, -0.25) is 0 Å². The molecule has 0 aromatic carbocycles. The highest BCUT2D eigenvalue weighted by molar-refractivity contribution is 5.42. The van der Waals surface area contributed by atoms with E-state index in [1.807, 2.05) is 0 Å². The average molecular weight is 274 g/mol. The Kier molecular flexibility index (Phi) is 3.32. The minimum absolute atomic E-state index is 0.458. The van der Waals surface area contributed by atoms with Crippen LogP contribution in [0.5, 0.6) is 0 Å². The zero-order chi connectivity index (χ0) is 13.4. The highest BCUT2D eigenvalue weighted by Gasteiger charge is 2.35. The first-order valence-electron chi connectivity index (χ1n) is 7.78. The minimum Gasteiger partial charge on any atom is -0.381 e. The van der Waals surface area contributed by atoms with Gasteiger partial charge in [-0.1, -0.05) is 0 Å². The third-order valence-electron chi connectivity index (χ3n) is 4.94. The van der Waals surface area contributed by atoms with Crippen LogP contribution in [0.1, 0.15) is 30.9 Å². The van der Waals surface area contributed by atoms with E-state index in [0.717, 1.165) is 50.2 Å². The first kappa shape index (κ1) is 12.5. The Labute approximate surface area is 119 Å². The van der Waals surface area contributed by atoms with Crippen molar-refractivity contribution in [3.8, 4) is 0 Å². The van der Waals surface area contributed by atoms with Crippen LogP contribution < -0.4 is 10.2 Å². The maximum atomic E-state index is 5.47. The van der Waals surface area contributed by atoms with Crippen LogP contribution in [-0.2, 0) is 4.74 Å². The minimum atomic E-state index is 0.458. The average Bonchev–Trinajstić information content (AvgIpc) is 3.16. The van der Waals surface area contributed by atoms with Crippen LogP contribution in [0.4, 0.5) is 5.82 Å². The molecule has 3 aliphatic rings. The van der Waals surface area contributed by atoms with E-state index in [1.165, 1.54) is 19.4 Å². The standard InChI is InChI=1S/C15H22N4O/c1-2-11-7-19(8-14(11)16-4-1)15-6-13(17-10-18-15)12-3-5-20-9-12/h6,10-12,14,16H,1-5,7-9H2/t11-,12?,14+/m1/s1. The number of anilines is 1. The number of hydrogen-bond acceptors (Lipinski definition) is 5. The number of rotatable bonds is 2. The van der Waals surface area contributed by atoms with Crippen molar-refractivity contribution in [1.82, 2.24) is 15.3 Å². The fourth-order valence-corrected chi connectivity index (χ4v) is 3.76. The van der Waals surface area contributed by atoms with Crippen molar-refractivity contribution in [3.05, 3.63) is 18.1 Å². The molecule has 3 fully saturated rings. The van der Waals surface area contributed by atoms with Crippen molar-refractivity contribution in [3.63, 3.8) is 0 Å². The molecule has 4 heterocycles. The summed E-state index contributed by atoms with van der Waals surface area (Å²) >= 11 is 0. The van der Waals surface area contributed by atoms with Gasteiger partial charge in [0.15, 0.2) is 0 Å². The fourth-order valence-electron chi connectivity index (χ4n) is 3.76. The topological polar surface area (TPSA) is 50.3 Å². The Bertz CT molecular complexity index is 461. The summed E-state index contributed by atoms with van der Waals surface area (Å²) in [6, 6.07) is 2.83. The van der Waals surface area contributed by atoms with E-state index >= 15 is 0 Å². The first-order valence-corrected chi connectivity index (χ1v) is 7.78. The Balaban J connectivity index is 1.52. The van der Waals surface area contributed by atoms with Crippen LogP contribution in [0.3, 0.4) is 0 Å². The fraction of sp³-hybridized carbons (Fsp3) is 0.733. The molecule has 5 nitrogen and oxygen atoms in total. The molecule has 1 aromatic rings. The molecule has 0 bridgehead atoms. The zero-order valence-corrected chi connectivity index (χ0v) is 11.8. The second-order valence-corrected chi connectivity index (χ2v) is 6.23. The number of nitrogens with zero attached hydrogens (tertiary/aromatic N) is 3. The molecule has 0 radical (unpaired) electrons. The zero-order valence-electron chi connectivity index (χ0n) is 11.8. The molecule has 1 unspecified atom stereocenters. The Morgan fingerprint density at radius 2 is 2.25 bits per heavy atom. The van der Waals surface area contributed by atoms with Crippen LogP contribution in [-0.4, -0.2) is 48.9 Å². The molecule has 3 atom stereocenters. The van der Waals surface area contributed by atoms with Crippen molar-refractivity contribution in [2.45, 2.75) is 31.2 Å². The second-order valence-electron chi connectivity index (χ2n) is 6.23. The molecule has 0 amide bonds. The molecule has 1 aromatic heterocycles. The molecule has 1 N–H and O–H groups in total. The summed E-state index contributed by atoms with van der Waals surface area (Å²) in [5.74, 6) is 2.34. The summed E-state index contributed by atoms with van der Waals surface area (Å²) < 4.78 is 5.47. The summed E-state index contributed by atoms with van der Waals surface area (Å²) in [7, 11) is 0. The van der Waals surface area contributed by atoms with Gasteiger partial charge in [-0.15, -0.1) is 0 Å². The molecule has 20 heavy (non-hydrogen) atoms. The predicted molar refractivity (Wildman–Crippen MR) is 76.9 cm³/mol. The highest BCUT2D eigenvalue weighted by atomic mass is 16.5. The molecule has 4 rings (SSSR count). The quantitative estimate of drug-likeness (QED) is 0.877. The van der Waals surface area contributed by atoms with Crippen LogP contribution in [0, 0.1) is 5.92 Å². The summed E-state index contributed by atoms with van der Waals surface area (Å²) in [5, 5.41) is 3.65. The summed E-state index contributed by atoms with van der Waals surface area (Å²) in [4.78, 5) is 11.4. The monoisotopic (exact) mass is 274 g/mol. The predicted octanol–water partition coefficient (Wildman–Crippen LogP) is 1.17. The molecule has 5 heteroatoms. The largest absolute Gasteiger partial charge is 0.381 e. The molecule has 108 valence electrons. The van der Waals surface area contributed by atoms with E-state index in [2.05, 4.69) is 26.3 Å². The second kappa shape index (κ2) is 5.30. The van der Waals surface area contributed by atoms with Crippen LogP contribution in [0.2, 0.25) is 0 Å². The van der Waals surface area contributed by atoms with E-state index in [0.29, 0.717) is 12.0 Å². The lowest BCUT2D eigenvalue weighted by Crippen LogP contribution is -2.40. The molecule has 0 spiro atoms. The summed E-state index contributed by atoms with van der Waals surface area (Å²) in [6.07, 6.45) is 5.47. The number of piperidine rings is 1. The lowest BCUT2D eigenvalue weighted by atomic mass is 9.94. The maximum Gasteiger partial charge on any atom is 0.132 e. The van der Waals surface area contributed by atoms with E-state index < -0.39 is 0 Å². The lowest BCUT2D eigenvalue weighted by Gasteiger charge is -2.24. The van der Waals surface area contributed by atoms with Gasteiger partial charge >= 0.3 is 0 Å². The maximum absolute atomic E-state index is 5.47. The lowest BCUT2D eigenvalue weighted by molar-refractivity contribution is 0.193. The smallest absolute Gasteiger partial charge is 0.132 e. The van der Waals surface area contributed by atoms with Gasteiger partial charge in [0, 0.05) is 37.7 Å². The van der Waals surface area contributed by atoms with Gasteiger partial charge in [0.2, 0.25) is 0 Å². The van der Waals surface area contributed by atoms with Crippen molar-refractivity contribution < 1.29 is 4.74 Å². The number of aromatic nitrogens is 2. The molecule has 3 aliphatic heterocycles. The Hall–Kier alpha value is -1.20.